The maximum atomic E-state index is 5.25. The van der Waals surface area contributed by atoms with Crippen molar-refractivity contribution in [2.24, 2.45) is 0 Å². The molecule has 7 aromatic rings. The lowest BCUT2D eigenvalue weighted by molar-refractivity contribution is 0.645. The largest absolute Gasteiger partial charge is 0.384 e. The number of unbranched alkanes of at least 4 members (excludes halogenated alkanes) is 4. The first-order valence-corrected chi connectivity index (χ1v) is 17.6. The van der Waals surface area contributed by atoms with Gasteiger partial charge in [0.05, 0.1) is 33.8 Å². The van der Waals surface area contributed by atoms with Crippen molar-refractivity contribution in [1.29, 1.82) is 0 Å². The van der Waals surface area contributed by atoms with Crippen LogP contribution in [0.4, 0.5) is 39.8 Å². The number of fused-ring (bicyclic) bond motifs is 3. The molecule has 0 spiro atoms. The molecule has 0 atom stereocenters. The molecule has 49 heavy (non-hydrogen) atoms. The quantitative estimate of drug-likeness (QED) is 0.143. The average Bonchev–Trinajstić information content (AvgIpc) is 3.55. The molecule has 2 heterocycles. The van der Waals surface area contributed by atoms with E-state index in [2.05, 4.69) is 178 Å². The normalized spacial score (nSPS) is 12.2. The van der Waals surface area contributed by atoms with Gasteiger partial charge in [0, 0.05) is 34.9 Å². The van der Waals surface area contributed by atoms with Crippen LogP contribution in [0, 0.1) is 0 Å². The van der Waals surface area contributed by atoms with E-state index in [1.807, 2.05) is 0 Å². The van der Waals surface area contributed by atoms with Crippen LogP contribution in [0.5, 0.6) is 0 Å². The van der Waals surface area contributed by atoms with Gasteiger partial charge in [0.2, 0.25) is 0 Å². The zero-order valence-electron chi connectivity index (χ0n) is 28.0. The summed E-state index contributed by atoms with van der Waals surface area (Å²) in [6.45, 7) is 3.17. The summed E-state index contributed by atoms with van der Waals surface area (Å²) in [5.74, 6) is 0.933. The van der Waals surface area contributed by atoms with E-state index in [4.69, 9.17) is 4.98 Å². The van der Waals surface area contributed by atoms with E-state index in [9.17, 15) is 0 Å². The number of aromatic nitrogens is 2. The fourth-order valence-corrected chi connectivity index (χ4v) is 7.09. The summed E-state index contributed by atoms with van der Waals surface area (Å²) >= 11 is 0. The number of rotatable bonds is 11. The second-order valence-electron chi connectivity index (χ2n) is 12.6. The Bertz CT molecular complexity index is 2140. The number of nitrogens with one attached hydrogen (secondary N) is 1. The molecule has 0 saturated heterocycles. The average molecular weight is 640 g/mol. The van der Waals surface area contributed by atoms with Crippen molar-refractivity contribution in [3.05, 3.63) is 152 Å². The van der Waals surface area contributed by atoms with Crippen LogP contribution >= 0.6 is 0 Å². The zero-order valence-corrected chi connectivity index (χ0v) is 28.0. The third-order valence-corrected chi connectivity index (χ3v) is 9.41. The summed E-state index contributed by atoms with van der Waals surface area (Å²) in [6, 6.07) is 53.9. The van der Waals surface area contributed by atoms with Crippen molar-refractivity contribution >= 4 is 50.8 Å². The van der Waals surface area contributed by atoms with Crippen LogP contribution in [0.15, 0.2) is 152 Å². The number of nitrogens with zero attached hydrogens (tertiary/aromatic N) is 4. The minimum absolute atomic E-state index is 0.903. The number of anilines is 7. The highest BCUT2D eigenvalue weighted by Crippen LogP contribution is 2.54. The highest BCUT2D eigenvalue weighted by Gasteiger charge is 2.30. The summed E-state index contributed by atoms with van der Waals surface area (Å²) in [7, 11) is 0. The molecule has 1 N–H and O–H groups in total. The number of hydrogen-bond acceptors (Lipinski definition) is 4. The minimum Gasteiger partial charge on any atom is -0.384 e. The third kappa shape index (κ3) is 5.82. The standard InChI is InChI=1S/C44H41N5/c1-2-3-4-5-18-31-45-38-32-35(29-30-36(38)44-46-37-23-12-13-24-39(37)49(44)34-21-10-7-11-22-34)48-42-27-16-14-25-40(42)47(33-19-8-6-9-20-33)41-26-15-17-28-43(41)48/h6-17,19-30,32,45H,2-5,18,31H2,1H3. The Labute approximate surface area is 289 Å². The lowest BCUT2D eigenvalue weighted by Crippen LogP contribution is -2.24. The van der Waals surface area contributed by atoms with Gasteiger partial charge in [-0.1, -0.05) is 105 Å². The van der Waals surface area contributed by atoms with E-state index >= 15 is 0 Å². The zero-order chi connectivity index (χ0) is 33.0. The van der Waals surface area contributed by atoms with Gasteiger partial charge in [-0.2, -0.15) is 0 Å². The molecule has 242 valence electrons. The van der Waals surface area contributed by atoms with Gasteiger partial charge in [-0.25, -0.2) is 4.98 Å². The number of hydrogen-bond donors (Lipinski definition) is 1. The second kappa shape index (κ2) is 13.7. The SMILES string of the molecule is CCCCCCCNc1cc(N2c3ccccc3N(c3ccccc3)c3ccccc32)ccc1-c1nc2ccccc2n1-c1ccccc1. The molecule has 5 heteroatoms. The van der Waals surface area contributed by atoms with Gasteiger partial charge in [0.1, 0.15) is 5.82 Å². The van der Waals surface area contributed by atoms with Crippen LogP contribution in [0.1, 0.15) is 39.0 Å². The van der Waals surface area contributed by atoms with Gasteiger partial charge in [0.15, 0.2) is 0 Å². The molecule has 0 bridgehead atoms. The van der Waals surface area contributed by atoms with E-state index in [0.29, 0.717) is 0 Å². The lowest BCUT2D eigenvalue weighted by Gasteiger charge is -2.40. The maximum Gasteiger partial charge on any atom is 0.147 e. The molecule has 6 aromatic carbocycles. The molecule has 5 nitrogen and oxygen atoms in total. The molecule has 0 aliphatic carbocycles. The van der Waals surface area contributed by atoms with E-state index in [1.165, 1.54) is 25.7 Å². The Hall–Kier alpha value is -5.81. The van der Waals surface area contributed by atoms with Crippen molar-refractivity contribution in [1.82, 2.24) is 9.55 Å². The fraction of sp³-hybridized carbons (Fsp3) is 0.159. The van der Waals surface area contributed by atoms with Crippen LogP contribution in [0.2, 0.25) is 0 Å². The molecule has 0 saturated carbocycles. The Morgan fingerprint density at radius 1 is 0.510 bits per heavy atom. The first kappa shape index (κ1) is 30.5. The van der Waals surface area contributed by atoms with E-state index < -0.39 is 0 Å². The molecule has 0 unspecified atom stereocenters. The third-order valence-electron chi connectivity index (χ3n) is 9.41. The summed E-state index contributed by atoms with van der Waals surface area (Å²) < 4.78 is 2.29. The van der Waals surface area contributed by atoms with Crippen LogP contribution in [-0.2, 0) is 0 Å². The molecule has 1 aromatic heterocycles. The number of para-hydroxylation sites is 8. The van der Waals surface area contributed by atoms with Gasteiger partial charge in [-0.3, -0.25) is 4.57 Å². The van der Waals surface area contributed by atoms with Crippen molar-refractivity contribution in [3.8, 4) is 17.1 Å². The van der Waals surface area contributed by atoms with Crippen molar-refractivity contribution < 1.29 is 0 Å². The van der Waals surface area contributed by atoms with Crippen LogP contribution < -0.4 is 15.1 Å². The fourth-order valence-electron chi connectivity index (χ4n) is 7.09. The molecule has 1 aliphatic rings. The predicted molar refractivity (Wildman–Crippen MR) is 207 cm³/mol. The molecule has 8 rings (SSSR count). The summed E-state index contributed by atoms with van der Waals surface area (Å²) in [4.78, 5) is 10.0. The highest BCUT2D eigenvalue weighted by molar-refractivity contribution is 6.02. The van der Waals surface area contributed by atoms with E-state index in [0.717, 1.165) is 80.9 Å². The van der Waals surface area contributed by atoms with Gasteiger partial charge in [0.25, 0.3) is 0 Å². The summed E-state index contributed by atoms with van der Waals surface area (Å²) in [5, 5.41) is 3.88. The Morgan fingerprint density at radius 2 is 1.06 bits per heavy atom. The van der Waals surface area contributed by atoms with Gasteiger partial charge in [-0.15, -0.1) is 0 Å². The first-order chi connectivity index (χ1) is 24.3. The molecule has 1 aliphatic heterocycles. The molecule has 0 radical (unpaired) electrons. The van der Waals surface area contributed by atoms with Crippen molar-refractivity contribution in [2.45, 2.75) is 39.0 Å². The molecular weight excluding hydrogens is 599 g/mol. The van der Waals surface area contributed by atoms with Gasteiger partial charge >= 0.3 is 0 Å². The predicted octanol–water partition coefficient (Wildman–Crippen LogP) is 12.3. The highest BCUT2D eigenvalue weighted by atomic mass is 15.3. The van der Waals surface area contributed by atoms with Crippen LogP contribution in [0.3, 0.4) is 0 Å². The Morgan fingerprint density at radius 3 is 1.71 bits per heavy atom. The smallest absolute Gasteiger partial charge is 0.147 e. The Balaban J connectivity index is 1.28. The summed E-state index contributed by atoms with van der Waals surface area (Å²) in [6.07, 6.45) is 6.15. The molecular formula is C44H41N5. The second-order valence-corrected chi connectivity index (χ2v) is 12.6. The topological polar surface area (TPSA) is 36.3 Å². The lowest BCUT2D eigenvalue weighted by atomic mass is 10.0. The van der Waals surface area contributed by atoms with E-state index in [-0.39, 0.29) is 0 Å². The van der Waals surface area contributed by atoms with Crippen LogP contribution in [-0.4, -0.2) is 16.1 Å². The molecule has 0 amide bonds. The van der Waals surface area contributed by atoms with Crippen molar-refractivity contribution in [2.75, 3.05) is 21.7 Å². The number of benzene rings is 6. The van der Waals surface area contributed by atoms with Crippen LogP contribution in [0.25, 0.3) is 28.1 Å². The Kier molecular flexibility index (Phi) is 8.55. The monoisotopic (exact) mass is 639 g/mol. The van der Waals surface area contributed by atoms with Gasteiger partial charge < -0.3 is 15.1 Å². The minimum atomic E-state index is 0.903. The number of imidazole rings is 1. The van der Waals surface area contributed by atoms with Crippen molar-refractivity contribution in [3.63, 3.8) is 0 Å². The first-order valence-electron chi connectivity index (χ1n) is 17.6. The van der Waals surface area contributed by atoms with E-state index in [1.54, 1.807) is 0 Å². The molecule has 0 fully saturated rings. The van der Waals surface area contributed by atoms with Gasteiger partial charge in [-0.05, 0) is 85.3 Å². The maximum absolute atomic E-state index is 5.25. The summed E-state index contributed by atoms with van der Waals surface area (Å²) in [5.41, 5.74) is 12.2.